The van der Waals surface area contributed by atoms with E-state index in [1.54, 1.807) is 4.90 Å². The van der Waals surface area contributed by atoms with Crippen molar-refractivity contribution in [3.05, 3.63) is 34.5 Å². The summed E-state index contributed by atoms with van der Waals surface area (Å²) in [5.74, 6) is -1.98. The second-order valence-corrected chi connectivity index (χ2v) is 6.51. The van der Waals surface area contributed by atoms with Crippen LogP contribution >= 0.6 is 11.6 Å². The number of carbonyl (C=O) groups is 2. The highest BCUT2D eigenvalue weighted by Gasteiger charge is 2.38. The SMILES string of the molecule is O=C(c1[nH]c2ccc(F)c(Cl)c2c1F)N1CCN2C(=O)CC[C@H]2C1. The summed E-state index contributed by atoms with van der Waals surface area (Å²) in [6.45, 7) is 1.17. The van der Waals surface area contributed by atoms with Gasteiger partial charge in [0, 0.05) is 32.1 Å². The van der Waals surface area contributed by atoms with Gasteiger partial charge in [-0.05, 0) is 18.6 Å². The normalized spacial score (nSPS) is 20.8. The Labute approximate surface area is 141 Å². The molecular formula is C16H14ClF2N3O2. The Kier molecular flexibility index (Phi) is 3.49. The average Bonchev–Trinajstić information content (AvgIpc) is 3.11. The van der Waals surface area contributed by atoms with Gasteiger partial charge in [-0.3, -0.25) is 9.59 Å². The van der Waals surface area contributed by atoms with Gasteiger partial charge in [0.25, 0.3) is 5.91 Å². The molecule has 5 nitrogen and oxygen atoms in total. The number of hydrogen-bond acceptors (Lipinski definition) is 2. The van der Waals surface area contributed by atoms with E-state index in [1.165, 1.54) is 11.0 Å². The highest BCUT2D eigenvalue weighted by Crippen LogP contribution is 2.31. The zero-order chi connectivity index (χ0) is 17.0. The maximum absolute atomic E-state index is 14.6. The number of hydrogen-bond donors (Lipinski definition) is 1. The number of nitrogens with zero attached hydrogens (tertiary/aromatic N) is 2. The van der Waals surface area contributed by atoms with Crippen LogP contribution in [-0.4, -0.2) is 52.3 Å². The number of aromatic nitrogens is 1. The molecule has 2 aromatic rings. The van der Waals surface area contributed by atoms with Gasteiger partial charge < -0.3 is 14.8 Å². The van der Waals surface area contributed by atoms with E-state index in [2.05, 4.69) is 4.98 Å². The number of fused-ring (bicyclic) bond motifs is 2. The van der Waals surface area contributed by atoms with Gasteiger partial charge in [0.15, 0.2) is 5.82 Å². The van der Waals surface area contributed by atoms with Gasteiger partial charge in [-0.25, -0.2) is 8.78 Å². The van der Waals surface area contributed by atoms with Gasteiger partial charge in [-0.1, -0.05) is 11.6 Å². The fourth-order valence-corrected chi connectivity index (χ4v) is 3.79. The highest BCUT2D eigenvalue weighted by atomic mass is 35.5. The van der Waals surface area contributed by atoms with Crippen LogP contribution in [0.25, 0.3) is 10.9 Å². The quantitative estimate of drug-likeness (QED) is 0.856. The minimum Gasteiger partial charge on any atom is -0.348 e. The van der Waals surface area contributed by atoms with Crippen molar-refractivity contribution in [2.45, 2.75) is 18.9 Å². The molecule has 2 fully saturated rings. The lowest BCUT2D eigenvalue weighted by molar-refractivity contribution is -0.130. The summed E-state index contributed by atoms with van der Waals surface area (Å²) in [6, 6.07) is 2.46. The molecule has 2 aliphatic rings. The summed E-state index contributed by atoms with van der Waals surface area (Å²) in [7, 11) is 0. The van der Waals surface area contributed by atoms with Crippen LogP contribution in [0.2, 0.25) is 5.02 Å². The summed E-state index contributed by atoms with van der Waals surface area (Å²) >= 11 is 5.82. The van der Waals surface area contributed by atoms with Gasteiger partial charge >= 0.3 is 0 Å². The number of amides is 2. The molecule has 126 valence electrons. The maximum atomic E-state index is 14.6. The molecular weight excluding hydrogens is 340 g/mol. The van der Waals surface area contributed by atoms with Crippen LogP contribution in [0.1, 0.15) is 23.3 Å². The predicted octanol–water partition coefficient (Wildman–Crippen LogP) is 2.55. The van der Waals surface area contributed by atoms with E-state index in [1.807, 2.05) is 0 Å². The average molecular weight is 354 g/mol. The number of H-pyrrole nitrogens is 1. The van der Waals surface area contributed by atoms with Crippen LogP contribution in [0.3, 0.4) is 0 Å². The molecule has 0 spiro atoms. The second kappa shape index (κ2) is 5.44. The molecule has 24 heavy (non-hydrogen) atoms. The highest BCUT2D eigenvalue weighted by molar-refractivity contribution is 6.35. The third-order valence-electron chi connectivity index (χ3n) is 4.79. The number of rotatable bonds is 1. The molecule has 3 heterocycles. The number of aromatic amines is 1. The van der Waals surface area contributed by atoms with Gasteiger partial charge in [0.1, 0.15) is 11.5 Å². The second-order valence-electron chi connectivity index (χ2n) is 6.13. The Morgan fingerprint density at radius 2 is 2.08 bits per heavy atom. The van der Waals surface area contributed by atoms with Crippen molar-refractivity contribution >= 4 is 34.3 Å². The fraction of sp³-hybridized carbons (Fsp3) is 0.375. The van der Waals surface area contributed by atoms with Crippen molar-refractivity contribution in [2.24, 2.45) is 0 Å². The van der Waals surface area contributed by atoms with Crippen molar-refractivity contribution in [3.63, 3.8) is 0 Å². The van der Waals surface area contributed by atoms with E-state index in [4.69, 9.17) is 11.6 Å². The molecule has 0 unspecified atom stereocenters. The summed E-state index contributed by atoms with van der Waals surface area (Å²) in [5.41, 5.74) is 0.0483. The fourth-order valence-electron chi connectivity index (χ4n) is 3.54. The monoisotopic (exact) mass is 353 g/mol. The molecule has 1 N–H and O–H groups in total. The number of piperazine rings is 1. The van der Waals surface area contributed by atoms with Gasteiger partial charge in [-0.2, -0.15) is 0 Å². The number of benzene rings is 1. The standard InChI is InChI=1S/C16H14ClF2N3O2/c17-13-9(18)2-3-10-12(13)14(19)15(20-10)16(24)21-5-6-22-8(7-21)1-4-11(22)23/h2-3,8,20H,1,4-7H2/t8-/m0/s1. The lowest BCUT2D eigenvalue weighted by atomic mass is 10.1. The molecule has 4 rings (SSSR count). The van der Waals surface area contributed by atoms with Gasteiger partial charge in [0.05, 0.1) is 15.9 Å². The van der Waals surface area contributed by atoms with Crippen molar-refractivity contribution < 1.29 is 18.4 Å². The Bertz CT molecular complexity index is 867. The molecule has 8 heteroatoms. The minimum absolute atomic E-state index is 0.0105. The smallest absolute Gasteiger partial charge is 0.273 e. The van der Waals surface area contributed by atoms with E-state index in [9.17, 15) is 18.4 Å². The lowest BCUT2D eigenvalue weighted by Gasteiger charge is -2.37. The molecule has 0 saturated carbocycles. The number of nitrogens with one attached hydrogen (secondary N) is 1. The summed E-state index contributed by atoms with van der Waals surface area (Å²) < 4.78 is 28.1. The first-order chi connectivity index (χ1) is 11.5. The third kappa shape index (κ3) is 2.18. The van der Waals surface area contributed by atoms with Crippen LogP contribution in [0.15, 0.2) is 12.1 Å². The van der Waals surface area contributed by atoms with Crippen LogP contribution in [0, 0.1) is 11.6 Å². The molecule has 0 bridgehead atoms. The van der Waals surface area contributed by atoms with Crippen LogP contribution in [-0.2, 0) is 4.79 Å². The van der Waals surface area contributed by atoms with Crippen molar-refractivity contribution in [3.8, 4) is 0 Å². The van der Waals surface area contributed by atoms with Crippen molar-refractivity contribution in [2.75, 3.05) is 19.6 Å². The van der Waals surface area contributed by atoms with Crippen molar-refractivity contribution in [1.29, 1.82) is 0 Å². The molecule has 0 radical (unpaired) electrons. The topological polar surface area (TPSA) is 56.4 Å². The molecule has 1 atom stereocenters. The predicted molar refractivity (Wildman–Crippen MR) is 83.9 cm³/mol. The Hall–Kier alpha value is -2.15. The molecule has 2 saturated heterocycles. The lowest BCUT2D eigenvalue weighted by Crippen LogP contribution is -2.53. The zero-order valence-electron chi connectivity index (χ0n) is 12.6. The zero-order valence-corrected chi connectivity index (χ0v) is 13.4. The Morgan fingerprint density at radius 3 is 2.88 bits per heavy atom. The number of halogens is 3. The third-order valence-corrected chi connectivity index (χ3v) is 5.16. The molecule has 0 aliphatic carbocycles. The van der Waals surface area contributed by atoms with Crippen LogP contribution < -0.4 is 0 Å². The van der Waals surface area contributed by atoms with E-state index in [-0.39, 0.29) is 33.6 Å². The van der Waals surface area contributed by atoms with Crippen LogP contribution in [0.5, 0.6) is 0 Å². The first kappa shape index (κ1) is 15.4. The van der Waals surface area contributed by atoms with Gasteiger partial charge in [0.2, 0.25) is 5.91 Å². The minimum atomic E-state index is -0.843. The summed E-state index contributed by atoms with van der Waals surface area (Å²) in [4.78, 5) is 30.4. The van der Waals surface area contributed by atoms with Crippen LogP contribution in [0.4, 0.5) is 8.78 Å². The van der Waals surface area contributed by atoms with E-state index < -0.39 is 17.5 Å². The van der Waals surface area contributed by atoms with Crippen molar-refractivity contribution in [1.82, 2.24) is 14.8 Å². The van der Waals surface area contributed by atoms with Gasteiger partial charge in [-0.15, -0.1) is 0 Å². The summed E-state index contributed by atoms with van der Waals surface area (Å²) in [5, 5.41) is -0.457. The number of carbonyl (C=O) groups excluding carboxylic acids is 2. The largest absolute Gasteiger partial charge is 0.348 e. The summed E-state index contributed by atoms with van der Waals surface area (Å²) in [6.07, 6.45) is 1.19. The molecule has 1 aromatic carbocycles. The Balaban J connectivity index is 1.66. The van der Waals surface area contributed by atoms with E-state index in [0.717, 1.165) is 6.07 Å². The Morgan fingerprint density at radius 1 is 1.29 bits per heavy atom. The molecule has 1 aromatic heterocycles. The molecule has 2 aliphatic heterocycles. The first-order valence-electron chi connectivity index (χ1n) is 7.71. The maximum Gasteiger partial charge on any atom is 0.273 e. The van der Waals surface area contributed by atoms with E-state index in [0.29, 0.717) is 32.5 Å². The first-order valence-corrected chi connectivity index (χ1v) is 8.09. The molecule has 2 amide bonds. The van der Waals surface area contributed by atoms with E-state index >= 15 is 0 Å².